The summed E-state index contributed by atoms with van der Waals surface area (Å²) in [6.07, 6.45) is 6.88. The van der Waals surface area contributed by atoms with Crippen LogP contribution in [-0.2, 0) is 14.3 Å². The Hall–Kier alpha value is -2.94. The van der Waals surface area contributed by atoms with Gasteiger partial charge in [0.2, 0.25) is 0 Å². The van der Waals surface area contributed by atoms with E-state index in [4.69, 9.17) is 4.74 Å². The molecule has 1 aliphatic carbocycles. The van der Waals surface area contributed by atoms with E-state index in [0.29, 0.717) is 5.57 Å². The van der Waals surface area contributed by atoms with Crippen molar-refractivity contribution in [2.75, 3.05) is 0 Å². The Kier molecular flexibility index (Phi) is 2.79. The summed E-state index contributed by atoms with van der Waals surface area (Å²) < 4.78 is 5.66. The predicted molar refractivity (Wildman–Crippen MR) is 84.0 cm³/mol. The van der Waals surface area contributed by atoms with Gasteiger partial charge in [0.1, 0.15) is 0 Å². The minimum Gasteiger partial charge on any atom is -0.488 e. The number of hydrogen-bond donors (Lipinski definition) is 0. The van der Waals surface area contributed by atoms with Gasteiger partial charge >= 0.3 is 0 Å². The highest BCUT2D eigenvalue weighted by atomic mass is 16.5. The Labute approximate surface area is 127 Å². The summed E-state index contributed by atoms with van der Waals surface area (Å²) in [4.78, 5) is 23.7. The highest BCUT2D eigenvalue weighted by Gasteiger charge is 2.28. The third-order valence-corrected chi connectivity index (χ3v) is 3.96. The Balaban J connectivity index is 1.89. The van der Waals surface area contributed by atoms with Crippen molar-refractivity contribution in [1.82, 2.24) is 0 Å². The van der Waals surface area contributed by atoms with Crippen molar-refractivity contribution in [3.63, 3.8) is 0 Å². The second-order valence-electron chi connectivity index (χ2n) is 5.35. The fourth-order valence-electron chi connectivity index (χ4n) is 2.88. The third-order valence-electron chi connectivity index (χ3n) is 3.96. The SMILES string of the molecule is O=C1C=CC(=O)C(C2OC=Cc3cc4ccccc4cc32)=C1. The maximum Gasteiger partial charge on any atom is 0.186 e. The van der Waals surface area contributed by atoms with E-state index in [-0.39, 0.29) is 11.6 Å². The molecule has 2 aliphatic rings. The topological polar surface area (TPSA) is 43.4 Å². The molecule has 106 valence electrons. The summed E-state index contributed by atoms with van der Waals surface area (Å²) in [5, 5.41) is 2.21. The standard InChI is InChI=1S/C19H12O3/c20-15-5-6-18(21)17(11-15)19-16-10-13-4-2-1-3-12(13)9-14(16)7-8-22-19/h1-11,19H. The lowest BCUT2D eigenvalue weighted by molar-refractivity contribution is -0.115. The molecular formula is C19H12O3. The van der Waals surface area contributed by atoms with Crippen LogP contribution in [0.5, 0.6) is 0 Å². The van der Waals surface area contributed by atoms with Crippen molar-refractivity contribution in [2.45, 2.75) is 6.10 Å². The molecule has 1 unspecified atom stereocenters. The van der Waals surface area contributed by atoms with Crippen LogP contribution in [0.4, 0.5) is 0 Å². The summed E-state index contributed by atoms with van der Waals surface area (Å²) in [5.74, 6) is -0.367. The zero-order valence-electron chi connectivity index (χ0n) is 11.7. The molecule has 0 amide bonds. The zero-order valence-corrected chi connectivity index (χ0v) is 11.7. The minimum atomic E-state index is -0.536. The summed E-state index contributed by atoms with van der Waals surface area (Å²) in [6, 6.07) is 12.1. The molecule has 4 rings (SSSR count). The lowest BCUT2D eigenvalue weighted by atomic mass is 9.88. The van der Waals surface area contributed by atoms with E-state index in [9.17, 15) is 9.59 Å². The van der Waals surface area contributed by atoms with Crippen LogP contribution < -0.4 is 0 Å². The molecule has 0 radical (unpaired) electrons. The number of rotatable bonds is 1. The van der Waals surface area contributed by atoms with Crippen LogP contribution in [0.25, 0.3) is 16.8 Å². The Bertz CT molecular complexity index is 900. The van der Waals surface area contributed by atoms with Crippen LogP contribution in [0, 0.1) is 0 Å². The molecule has 1 aliphatic heterocycles. The largest absolute Gasteiger partial charge is 0.488 e. The molecule has 0 saturated heterocycles. The fourth-order valence-corrected chi connectivity index (χ4v) is 2.88. The van der Waals surface area contributed by atoms with E-state index in [1.165, 1.54) is 18.2 Å². The van der Waals surface area contributed by atoms with Crippen molar-refractivity contribution >= 4 is 28.4 Å². The van der Waals surface area contributed by atoms with Gasteiger partial charge in [-0.2, -0.15) is 0 Å². The second kappa shape index (κ2) is 4.81. The van der Waals surface area contributed by atoms with Crippen LogP contribution in [0.1, 0.15) is 17.2 Å². The van der Waals surface area contributed by atoms with E-state index in [0.717, 1.165) is 21.9 Å². The van der Waals surface area contributed by atoms with E-state index in [1.807, 2.05) is 36.4 Å². The monoisotopic (exact) mass is 288 g/mol. The Morgan fingerprint density at radius 3 is 2.50 bits per heavy atom. The number of benzene rings is 2. The molecule has 0 N–H and O–H groups in total. The van der Waals surface area contributed by atoms with Gasteiger partial charge in [-0.05, 0) is 52.8 Å². The van der Waals surface area contributed by atoms with E-state index in [2.05, 4.69) is 6.07 Å². The zero-order chi connectivity index (χ0) is 15.1. The van der Waals surface area contributed by atoms with Gasteiger partial charge in [0.05, 0.1) is 6.26 Å². The summed E-state index contributed by atoms with van der Waals surface area (Å²) in [6.45, 7) is 0. The minimum absolute atomic E-state index is 0.181. The normalized spacial score (nSPS) is 19.8. The van der Waals surface area contributed by atoms with Crippen molar-refractivity contribution in [2.24, 2.45) is 0 Å². The van der Waals surface area contributed by atoms with Crippen molar-refractivity contribution in [3.05, 3.63) is 77.6 Å². The van der Waals surface area contributed by atoms with Crippen molar-refractivity contribution < 1.29 is 14.3 Å². The van der Waals surface area contributed by atoms with Crippen molar-refractivity contribution in [1.29, 1.82) is 0 Å². The first-order valence-corrected chi connectivity index (χ1v) is 7.05. The lowest BCUT2D eigenvalue weighted by Gasteiger charge is -2.25. The maximum atomic E-state index is 12.1. The van der Waals surface area contributed by atoms with Crippen LogP contribution in [0.3, 0.4) is 0 Å². The Morgan fingerprint density at radius 2 is 1.68 bits per heavy atom. The summed E-state index contributed by atoms with van der Waals surface area (Å²) >= 11 is 0. The number of ether oxygens (including phenoxy) is 1. The summed E-state index contributed by atoms with van der Waals surface area (Å²) in [7, 11) is 0. The van der Waals surface area contributed by atoms with Crippen molar-refractivity contribution in [3.8, 4) is 0 Å². The number of allylic oxidation sites excluding steroid dienone is 3. The van der Waals surface area contributed by atoms with Crippen LogP contribution >= 0.6 is 0 Å². The number of ketones is 2. The predicted octanol–water partition coefficient (Wildman–Crippen LogP) is 3.52. The maximum absolute atomic E-state index is 12.1. The highest BCUT2D eigenvalue weighted by molar-refractivity contribution is 6.18. The molecule has 1 heterocycles. The van der Waals surface area contributed by atoms with Gasteiger partial charge in [0.15, 0.2) is 17.7 Å². The Morgan fingerprint density at radius 1 is 0.909 bits per heavy atom. The smallest absolute Gasteiger partial charge is 0.186 e. The average Bonchev–Trinajstić information content (AvgIpc) is 2.55. The first-order valence-electron chi connectivity index (χ1n) is 7.05. The van der Waals surface area contributed by atoms with Gasteiger partial charge in [-0.1, -0.05) is 24.3 Å². The van der Waals surface area contributed by atoms with Crippen LogP contribution in [0.15, 0.2) is 66.5 Å². The van der Waals surface area contributed by atoms with Gasteiger partial charge < -0.3 is 4.74 Å². The average molecular weight is 288 g/mol. The molecule has 0 aromatic heterocycles. The molecular weight excluding hydrogens is 276 g/mol. The molecule has 1 atom stereocenters. The van der Waals surface area contributed by atoms with Gasteiger partial charge in [0.25, 0.3) is 0 Å². The molecule has 3 nitrogen and oxygen atoms in total. The molecule has 0 fully saturated rings. The quantitative estimate of drug-likeness (QED) is 0.754. The number of fused-ring (bicyclic) bond motifs is 2. The van der Waals surface area contributed by atoms with Gasteiger partial charge in [-0.25, -0.2) is 0 Å². The van der Waals surface area contributed by atoms with E-state index in [1.54, 1.807) is 6.26 Å². The summed E-state index contributed by atoms with van der Waals surface area (Å²) in [5.41, 5.74) is 2.29. The molecule has 0 saturated carbocycles. The molecule has 2 aromatic rings. The molecule has 0 spiro atoms. The number of carbonyl (C=O) groups is 2. The number of hydrogen-bond acceptors (Lipinski definition) is 3. The van der Waals surface area contributed by atoms with Gasteiger partial charge in [-0.3, -0.25) is 9.59 Å². The molecule has 2 aromatic carbocycles. The lowest BCUT2D eigenvalue weighted by Crippen LogP contribution is -2.18. The first-order chi connectivity index (χ1) is 10.7. The number of carbonyl (C=O) groups excluding carboxylic acids is 2. The van der Waals surface area contributed by atoms with E-state index >= 15 is 0 Å². The van der Waals surface area contributed by atoms with Gasteiger partial charge in [0, 0.05) is 11.1 Å². The molecule has 3 heteroatoms. The van der Waals surface area contributed by atoms with E-state index < -0.39 is 6.10 Å². The van der Waals surface area contributed by atoms with Crippen LogP contribution in [0.2, 0.25) is 0 Å². The van der Waals surface area contributed by atoms with Gasteiger partial charge in [-0.15, -0.1) is 0 Å². The van der Waals surface area contributed by atoms with Crippen LogP contribution in [-0.4, -0.2) is 11.6 Å². The third kappa shape index (κ3) is 1.99. The first kappa shape index (κ1) is 12.8. The second-order valence-corrected chi connectivity index (χ2v) is 5.35. The molecule has 0 bridgehead atoms. The highest BCUT2D eigenvalue weighted by Crippen LogP contribution is 2.36. The fraction of sp³-hybridized carbons (Fsp3) is 0.0526. The molecule has 22 heavy (non-hydrogen) atoms.